The Hall–Kier alpha value is -3.72. The van der Waals surface area contributed by atoms with Gasteiger partial charge in [0.25, 0.3) is 11.7 Å². The molecular weight excluding hydrogens is 472 g/mol. The third kappa shape index (κ3) is 3.49. The van der Waals surface area contributed by atoms with E-state index in [-0.39, 0.29) is 0 Å². The molecule has 3 heterocycles. The number of benzene rings is 2. The molecular formula is C25H20ClF2N7. The standard InChI is InChI=1S/C25H20ClF2N7/c1-24(27,28)25(9-10-25)16-5-3-15(4-6-16)19-12-29-13-21(31-19)34(2)22-18-8-7-17(26)11-20(18)35-14-30-33-23(35)32-22/h3-8,11-14H,9-10H2,1-2H3. The highest BCUT2D eigenvalue weighted by Crippen LogP contribution is 2.58. The fourth-order valence-corrected chi connectivity index (χ4v) is 4.78. The molecule has 1 saturated carbocycles. The van der Waals surface area contributed by atoms with Gasteiger partial charge in [0.05, 0.1) is 29.0 Å². The van der Waals surface area contributed by atoms with Crippen LogP contribution in [0.1, 0.15) is 25.3 Å². The summed E-state index contributed by atoms with van der Waals surface area (Å²) in [6.45, 7) is 1.00. The molecule has 2 aromatic carbocycles. The summed E-state index contributed by atoms with van der Waals surface area (Å²) < 4.78 is 30.0. The van der Waals surface area contributed by atoms with Crippen molar-refractivity contribution in [1.82, 2.24) is 29.5 Å². The lowest BCUT2D eigenvalue weighted by Crippen LogP contribution is -2.29. The fraction of sp³-hybridized carbons (Fsp3) is 0.240. The highest BCUT2D eigenvalue weighted by molar-refractivity contribution is 6.31. The molecule has 3 aromatic heterocycles. The molecule has 176 valence electrons. The number of hydrogen-bond acceptors (Lipinski definition) is 6. The van der Waals surface area contributed by atoms with Crippen LogP contribution >= 0.6 is 11.6 Å². The summed E-state index contributed by atoms with van der Waals surface area (Å²) in [6, 6.07) is 12.7. The Morgan fingerprint density at radius 1 is 1.06 bits per heavy atom. The lowest BCUT2D eigenvalue weighted by Gasteiger charge is -2.23. The molecule has 0 bridgehead atoms. The van der Waals surface area contributed by atoms with Crippen LogP contribution in [0, 0.1) is 0 Å². The van der Waals surface area contributed by atoms with Gasteiger partial charge in [0, 0.05) is 29.9 Å². The van der Waals surface area contributed by atoms with Gasteiger partial charge in [-0.2, -0.15) is 4.98 Å². The average molecular weight is 492 g/mol. The lowest BCUT2D eigenvalue weighted by molar-refractivity contribution is -0.0199. The molecule has 0 N–H and O–H groups in total. The van der Waals surface area contributed by atoms with Crippen LogP contribution in [0.5, 0.6) is 0 Å². The Bertz CT molecular complexity index is 1570. The van der Waals surface area contributed by atoms with E-state index in [0.29, 0.717) is 46.5 Å². The van der Waals surface area contributed by atoms with Crippen LogP contribution in [0.15, 0.2) is 61.2 Å². The molecule has 0 amide bonds. The summed E-state index contributed by atoms with van der Waals surface area (Å²) >= 11 is 6.24. The Morgan fingerprint density at radius 3 is 2.54 bits per heavy atom. The zero-order chi connectivity index (χ0) is 24.4. The van der Waals surface area contributed by atoms with Crippen LogP contribution in [0.25, 0.3) is 27.9 Å². The quantitative estimate of drug-likeness (QED) is 0.307. The zero-order valence-corrected chi connectivity index (χ0v) is 19.7. The van der Waals surface area contributed by atoms with Crippen LogP contribution in [-0.4, -0.2) is 42.5 Å². The van der Waals surface area contributed by atoms with Crippen LogP contribution < -0.4 is 4.90 Å². The van der Waals surface area contributed by atoms with Crippen molar-refractivity contribution in [1.29, 1.82) is 0 Å². The molecule has 0 atom stereocenters. The maximum atomic E-state index is 14.1. The van der Waals surface area contributed by atoms with Crippen molar-refractivity contribution in [3.63, 3.8) is 0 Å². The molecule has 1 fully saturated rings. The van der Waals surface area contributed by atoms with Gasteiger partial charge in [0.15, 0.2) is 5.82 Å². The minimum Gasteiger partial charge on any atom is -0.312 e. The lowest BCUT2D eigenvalue weighted by atomic mass is 9.89. The average Bonchev–Trinajstić information content (AvgIpc) is 3.55. The number of hydrogen-bond donors (Lipinski definition) is 0. The highest BCUT2D eigenvalue weighted by atomic mass is 35.5. The van der Waals surface area contributed by atoms with Gasteiger partial charge in [-0.05, 0) is 36.6 Å². The Balaban J connectivity index is 1.38. The predicted molar refractivity (Wildman–Crippen MR) is 130 cm³/mol. The molecule has 10 heteroatoms. The van der Waals surface area contributed by atoms with Gasteiger partial charge in [0.2, 0.25) is 0 Å². The van der Waals surface area contributed by atoms with Crippen LogP contribution in [0.2, 0.25) is 5.02 Å². The smallest absolute Gasteiger partial charge is 0.257 e. The SMILES string of the molecule is CN(c1cncc(-c2ccc(C3(C(C)(F)F)CC3)cc2)n1)c1nc2nncn2c2cc(Cl)ccc12. The molecule has 0 radical (unpaired) electrons. The van der Waals surface area contributed by atoms with Gasteiger partial charge in [0.1, 0.15) is 12.1 Å². The van der Waals surface area contributed by atoms with Crippen molar-refractivity contribution >= 4 is 39.9 Å². The van der Waals surface area contributed by atoms with Crippen molar-refractivity contribution in [2.24, 2.45) is 0 Å². The van der Waals surface area contributed by atoms with Gasteiger partial charge in [-0.25, -0.2) is 13.8 Å². The van der Waals surface area contributed by atoms with Crippen molar-refractivity contribution in [3.8, 4) is 11.3 Å². The van der Waals surface area contributed by atoms with Crippen molar-refractivity contribution < 1.29 is 8.78 Å². The van der Waals surface area contributed by atoms with E-state index in [1.807, 2.05) is 36.2 Å². The molecule has 0 unspecified atom stereocenters. The van der Waals surface area contributed by atoms with Gasteiger partial charge >= 0.3 is 0 Å². The van der Waals surface area contributed by atoms with Crippen LogP contribution in [0.4, 0.5) is 20.4 Å². The zero-order valence-electron chi connectivity index (χ0n) is 19.0. The minimum atomic E-state index is -2.75. The second-order valence-corrected chi connectivity index (χ2v) is 9.40. The minimum absolute atomic E-state index is 0.433. The Morgan fingerprint density at radius 2 is 1.83 bits per heavy atom. The van der Waals surface area contributed by atoms with E-state index in [4.69, 9.17) is 16.6 Å². The first kappa shape index (κ1) is 21.8. The number of alkyl halides is 2. The van der Waals surface area contributed by atoms with Gasteiger partial charge in [-0.15, -0.1) is 10.2 Å². The van der Waals surface area contributed by atoms with Gasteiger partial charge < -0.3 is 4.90 Å². The number of anilines is 2. The first-order valence-electron chi connectivity index (χ1n) is 11.1. The van der Waals surface area contributed by atoms with Gasteiger partial charge in [-0.3, -0.25) is 9.38 Å². The third-order valence-corrected chi connectivity index (χ3v) is 7.04. The van der Waals surface area contributed by atoms with Crippen molar-refractivity contribution in [2.75, 3.05) is 11.9 Å². The summed E-state index contributed by atoms with van der Waals surface area (Å²) in [5, 5.41) is 9.49. The molecule has 35 heavy (non-hydrogen) atoms. The van der Waals surface area contributed by atoms with E-state index in [1.165, 1.54) is 0 Å². The molecule has 0 spiro atoms. The fourth-order valence-electron chi connectivity index (χ4n) is 4.61. The van der Waals surface area contributed by atoms with Crippen LogP contribution in [-0.2, 0) is 5.41 Å². The van der Waals surface area contributed by atoms with E-state index < -0.39 is 11.3 Å². The van der Waals surface area contributed by atoms with E-state index in [9.17, 15) is 8.78 Å². The molecule has 7 nitrogen and oxygen atoms in total. The molecule has 1 aliphatic rings. The summed E-state index contributed by atoms with van der Waals surface area (Å²) in [5.41, 5.74) is 1.85. The highest BCUT2D eigenvalue weighted by Gasteiger charge is 2.59. The Kier molecular flexibility index (Phi) is 4.76. The normalized spacial score (nSPS) is 15.0. The van der Waals surface area contributed by atoms with E-state index >= 15 is 0 Å². The second kappa shape index (κ2) is 7.64. The summed E-state index contributed by atoms with van der Waals surface area (Å²) in [5.74, 6) is -1.12. The van der Waals surface area contributed by atoms with Crippen LogP contribution in [0.3, 0.4) is 0 Å². The first-order valence-corrected chi connectivity index (χ1v) is 11.5. The van der Waals surface area contributed by atoms with E-state index in [2.05, 4.69) is 20.2 Å². The monoisotopic (exact) mass is 491 g/mol. The third-order valence-electron chi connectivity index (χ3n) is 6.80. The van der Waals surface area contributed by atoms with Crippen molar-refractivity contribution in [3.05, 3.63) is 71.8 Å². The topological polar surface area (TPSA) is 72.1 Å². The maximum Gasteiger partial charge on any atom is 0.257 e. The molecule has 0 saturated heterocycles. The van der Waals surface area contributed by atoms with Gasteiger partial charge in [-0.1, -0.05) is 35.9 Å². The molecule has 0 aliphatic heterocycles. The van der Waals surface area contributed by atoms with E-state index in [0.717, 1.165) is 23.4 Å². The summed E-state index contributed by atoms with van der Waals surface area (Å²) in [7, 11) is 1.85. The first-order chi connectivity index (χ1) is 16.8. The number of fused-ring (bicyclic) bond motifs is 3. The van der Waals surface area contributed by atoms with Crippen molar-refractivity contribution in [2.45, 2.75) is 31.1 Å². The Labute approximate surface area is 204 Å². The number of nitrogens with zero attached hydrogens (tertiary/aromatic N) is 7. The number of rotatable bonds is 5. The largest absolute Gasteiger partial charge is 0.312 e. The predicted octanol–water partition coefficient (Wildman–Crippen LogP) is 5.84. The summed E-state index contributed by atoms with van der Waals surface area (Å²) in [4.78, 5) is 15.6. The van der Waals surface area contributed by atoms with E-state index in [1.54, 1.807) is 41.3 Å². The second-order valence-electron chi connectivity index (χ2n) is 8.97. The molecule has 5 aromatic rings. The summed E-state index contributed by atoms with van der Waals surface area (Å²) in [6.07, 6.45) is 5.89. The number of halogens is 3. The molecule has 6 rings (SSSR count). The maximum absolute atomic E-state index is 14.1. The number of aromatic nitrogens is 6. The molecule has 1 aliphatic carbocycles.